The Morgan fingerprint density at radius 2 is 0.979 bits per heavy atom. The average Bonchev–Trinajstić information content (AvgIpc) is 3.64. The summed E-state index contributed by atoms with van der Waals surface area (Å²) in [6.07, 6.45) is 0. The molecule has 0 aliphatic heterocycles. The van der Waals surface area contributed by atoms with Crippen molar-refractivity contribution in [2.75, 3.05) is 0 Å². The summed E-state index contributed by atoms with van der Waals surface area (Å²) < 4.78 is 88.8. The van der Waals surface area contributed by atoms with Gasteiger partial charge in [0, 0.05) is 11.3 Å². The number of imidazole rings is 1. The number of nitrogens with zero attached hydrogens (tertiary/aromatic N) is 2. The summed E-state index contributed by atoms with van der Waals surface area (Å²) in [5.41, 5.74) is 6.02. The van der Waals surface area contributed by atoms with Crippen molar-refractivity contribution < 1.29 is 13.7 Å². The first-order chi connectivity index (χ1) is 27.5. The summed E-state index contributed by atoms with van der Waals surface area (Å²) in [5.74, 6) is 0.797. The van der Waals surface area contributed by atoms with Crippen LogP contribution in [0.3, 0.4) is 0 Å². The molecule has 220 valence electrons. The maximum absolute atomic E-state index is 9.03. The van der Waals surface area contributed by atoms with Crippen molar-refractivity contribution in [3.63, 3.8) is 0 Å². The number of fused-ring (bicyclic) bond motifs is 3. The van der Waals surface area contributed by atoms with Crippen LogP contribution in [0.15, 0.2) is 182 Å². The predicted octanol–water partition coefficient (Wildman–Crippen LogP) is 12.0. The molecule has 0 unspecified atom stereocenters. The lowest BCUT2D eigenvalue weighted by molar-refractivity contribution is 1.10. The number of aromatic nitrogens is 2. The van der Waals surface area contributed by atoms with Crippen molar-refractivity contribution >= 4 is 32.6 Å². The first kappa shape index (κ1) is 18.7. The van der Waals surface area contributed by atoms with E-state index in [1.54, 1.807) is 24.3 Å². The van der Waals surface area contributed by atoms with Gasteiger partial charge in [-0.1, -0.05) is 151 Å². The second-order valence-corrected chi connectivity index (χ2v) is 11.2. The van der Waals surface area contributed by atoms with Crippen molar-refractivity contribution in [1.82, 2.24) is 9.55 Å². The Morgan fingerprint density at radius 1 is 0.426 bits per heavy atom. The minimum absolute atomic E-state index is 0.00253. The lowest BCUT2D eigenvalue weighted by Crippen LogP contribution is -1.97. The van der Waals surface area contributed by atoms with Gasteiger partial charge in [0.2, 0.25) is 0 Å². The number of hydrogen-bond donors (Lipinski definition) is 0. The lowest BCUT2D eigenvalue weighted by atomic mass is 9.85. The highest BCUT2D eigenvalue weighted by atomic mass is 15.1. The van der Waals surface area contributed by atoms with Crippen LogP contribution in [0, 0.1) is 0 Å². The van der Waals surface area contributed by atoms with Crippen LogP contribution in [-0.2, 0) is 0 Å². The Labute approximate surface area is 287 Å². The molecule has 0 N–H and O–H groups in total. The number of rotatable bonds is 5. The Morgan fingerprint density at radius 3 is 1.66 bits per heavy atom. The van der Waals surface area contributed by atoms with Crippen LogP contribution in [0.1, 0.15) is 13.7 Å². The Bertz CT molecular complexity index is 3060. The van der Waals surface area contributed by atoms with E-state index in [9.17, 15) is 0 Å². The summed E-state index contributed by atoms with van der Waals surface area (Å²) in [6, 6.07) is 34.1. The average molecular weight is 609 g/mol. The van der Waals surface area contributed by atoms with E-state index in [4.69, 9.17) is 18.7 Å². The molecule has 0 saturated carbocycles. The van der Waals surface area contributed by atoms with Crippen molar-refractivity contribution in [2.45, 2.75) is 0 Å². The molecule has 0 bridgehead atoms. The third kappa shape index (κ3) is 4.62. The van der Waals surface area contributed by atoms with Gasteiger partial charge in [-0.15, -0.1) is 0 Å². The van der Waals surface area contributed by atoms with E-state index in [-0.39, 0.29) is 35.3 Å². The second-order valence-electron chi connectivity index (χ2n) is 11.2. The summed E-state index contributed by atoms with van der Waals surface area (Å²) in [4.78, 5) is 4.96. The van der Waals surface area contributed by atoms with E-state index in [0.717, 1.165) is 39.2 Å². The number of hydrogen-bond acceptors (Lipinski definition) is 1. The van der Waals surface area contributed by atoms with Gasteiger partial charge in [-0.2, -0.15) is 0 Å². The Hall–Kier alpha value is -6.25. The second kappa shape index (κ2) is 11.3. The molecule has 9 aromatic rings. The predicted molar refractivity (Wildman–Crippen MR) is 198 cm³/mol. The zero-order chi connectivity index (χ0) is 39.9. The van der Waals surface area contributed by atoms with Crippen LogP contribution in [0.4, 0.5) is 0 Å². The molecule has 47 heavy (non-hydrogen) atoms. The number of benzene rings is 8. The molecule has 0 aliphatic carbocycles. The smallest absolute Gasteiger partial charge is 0.145 e. The molecular formula is C45H30N2. The Balaban J connectivity index is 1.33. The van der Waals surface area contributed by atoms with Crippen LogP contribution in [0.2, 0.25) is 0 Å². The van der Waals surface area contributed by atoms with Gasteiger partial charge in [-0.3, -0.25) is 4.57 Å². The molecule has 0 atom stereocenters. The first-order valence-corrected chi connectivity index (χ1v) is 15.2. The zero-order valence-corrected chi connectivity index (χ0v) is 24.9. The van der Waals surface area contributed by atoms with E-state index < -0.39 is 36.3 Å². The minimum Gasteiger partial charge on any atom is -0.292 e. The van der Waals surface area contributed by atoms with Crippen molar-refractivity contribution in [2.24, 2.45) is 0 Å². The van der Waals surface area contributed by atoms with Gasteiger partial charge in [-0.25, -0.2) is 4.98 Å². The van der Waals surface area contributed by atoms with E-state index in [2.05, 4.69) is 4.57 Å². The molecule has 1 aromatic heterocycles. The van der Waals surface area contributed by atoms with Gasteiger partial charge in [0.05, 0.1) is 24.7 Å². The molecule has 0 amide bonds. The van der Waals surface area contributed by atoms with Gasteiger partial charge < -0.3 is 0 Å². The van der Waals surface area contributed by atoms with Crippen molar-refractivity contribution in [3.8, 4) is 50.5 Å². The zero-order valence-electron chi connectivity index (χ0n) is 34.9. The minimum atomic E-state index is -0.514. The van der Waals surface area contributed by atoms with Gasteiger partial charge in [0.1, 0.15) is 5.82 Å². The molecule has 8 aromatic carbocycles. The molecule has 9 rings (SSSR count). The maximum Gasteiger partial charge on any atom is 0.145 e. The normalized spacial score (nSPS) is 14.4. The van der Waals surface area contributed by atoms with Crippen LogP contribution >= 0.6 is 0 Å². The third-order valence-electron chi connectivity index (χ3n) is 8.58. The lowest BCUT2D eigenvalue weighted by Gasteiger charge is -2.19. The van der Waals surface area contributed by atoms with Crippen LogP contribution < -0.4 is 0 Å². The molecule has 0 radical (unpaired) electrons. The van der Waals surface area contributed by atoms with Crippen LogP contribution in [0.5, 0.6) is 0 Å². The van der Waals surface area contributed by atoms with Gasteiger partial charge >= 0.3 is 0 Å². The summed E-state index contributed by atoms with van der Waals surface area (Å²) in [5, 5.41) is 1.98. The molecule has 1 heterocycles. The van der Waals surface area contributed by atoms with Crippen molar-refractivity contribution in [3.05, 3.63) is 182 Å². The monoisotopic (exact) mass is 608 g/mol. The van der Waals surface area contributed by atoms with E-state index in [1.807, 2.05) is 97.1 Å². The highest BCUT2D eigenvalue weighted by Gasteiger charge is 2.18. The molecule has 0 saturated heterocycles. The summed E-state index contributed by atoms with van der Waals surface area (Å²) in [7, 11) is 0. The van der Waals surface area contributed by atoms with E-state index in [1.165, 1.54) is 0 Å². The van der Waals surface area contributed by atoms with Gasteiger partial charge in [0.25, 0.3) is 0 Å². The van der Waals surface area contributed by atoms with Crippen LogP contribution in [0.25, 0.3) is 83.0 Å². The molecule has 2 heteroatoms. The van der Waals surface area contributed by atoms with Gasteiger partial charge in [0.15, 0.2) is 0 Å². The molecule has 2 nitrogen and oxygen atoms in total. The fourth-order valence-electron chi connectivity index (χ4n) is 6.52. The quantitative estimate of drug-likeness (QED) is 0.178. The van der Waals surface area contributed by atoms with Crippen molar-refractivity contribution in [1.29, 1.82) is 0 Å². The largest absolute Gasteiger partial charge is 0.292 e. The Kier molecular flexibility index (Phi) is 4.48. The maximum atomic E-state index is 9.03. The SMILES string of the molecule is [2H]c1c([2H])c([2H])c(-c2c3ccccc3c(-c3c([2H])c([2H])c([2H])c([2H])c3[2H])c3cc(-c4ccc(-n5c(-c6ccccc6)nc6ccccc65)cc4)ccc23)c([2H])c1[2H]. The fourth-order valence-corrected chi connectivity index (χ4v) is 6.52. The van der Waals surface area contributed by atoms with E-state index >= 15 is 0 Å². The first-order valence-electron chi connectivity index (χ1n) is 20.2. The fraction of sp³-hybridized carbons (Fsp3) is 0. The molecule has 0 spiro atoms. The van der Waals surface area contributed by atoms with Crippen LogP contribution in [-0.4, -0.2) is 9.55 Å². The van der Waals surface area contributed by atoms with Gasteiger partial charge in [-0.05, 0) is 85.3 Å². The number of para-hydroxylation sites is 2. The molecule has 0 aliphatic rings. The molecular weight excluding hydrogens is 569 g/mol. The summed E-state index contributed by atoms with van der Waals surface area (Å²) >= 11 is 0. The molecule has 0 fully saturated rings. The third-order valence-corrected chi connectivity index (χ3v) is 8.58. The summed E-state index contributed by atoms with van der Waals surface area (Å²) in [6.45, 7) is 0. The highest BCUT2D eigenvalue weighted by molar-refractivity contribution is 6.21. The topological polar surface area (TPSA) is 17.8 Å². The standard InChI is InChI=1S/C45H30N2/c1-4-14-32(15-5-1)43-37-20-10-11-21-38(37)44(33-16-6-2-7-17-33)40-30-35(26-29-39(40)43)31-24-27-36(28-25-31)47-42-23-13-12-22-41(42)46-45(47)34-18-8-3-9-19-34/h1-30H/i1D,2D,4D,5D,6D,7D,14D,15D,16D,17D. The van der Waals surface area contributed by atoms with E-state index in [0.29, 0.717) is 32.7 Å². The highest BCUT2D eigenvalue weighted by Crippen LogP contribution is 2.44.